The van der Waals surface area contributed by atoms with Crippen LogP contribution in [0.5, 0.6) is 0 Å². The van der Waals surface area contributed by atoms with E-state index in [0.717, 1.165) is 16.8 Å². The number of allylic oxidation sites excluding steroid dienone is 1. The van der Waals surface area contributed by atoms with E-state index in [4.69, 9.17) is 9.47 Å². The number of alkyl halides is 1. The van der Waals surface area contributed by atoms with E-state index < -0.39 is 53.6 Å². The van der Waals surface area contributed by atoms with Crippen LogP contribution in [0.25, 0.3) is 0 Å². The number of nitrogens with zero attached hydrogens (tertiary/aromatic N) is 2. The van der Waals surface area contributed by atoms with Gasteiger partial charge in [-0.3, -0.25) is 19.2 Å². The van der Waals surface area contributed by atoms with Gasteiger partial charge < -0.3 is 29.7 Å². The number of hydrogen-bond acceptors (Lipinski definition) is 7. The van der Waals surface area contributed by atoms with Crippen molar-refractivity contribution in [1.82, 2.24) is 10.2 Å². The first kappa shape index (κ1) is 37.5. The molecular formula is C39H48BrN3O7. The number of benzene rings is 2. The van der Waals surface area contributed by atoms with Crippen LogP contribution in [0.4, 0.5) is 5.69 Å². The van der Waals surface area contributed by atoms with E-state index in [2.05, 4.69) is 34.4 Å². The molecule has 0 radical (unpaired) electrons. The number of hydrogen-bond donors (Lipinski definition) is 2. The lowest BCUT2D eigenvalue weighted by atomic mass is 9.70. The number of rotatable bonds is 15. The molecule has 2 bridgehead atoms. The summed E-state index contributed by atoms with van der Waals surface area (Å²) in [5, 5.41) is 13.5. The predicted octanol–water partition coefficient (Wildman–Crippen LogP) is 4.95. The van der Waals surface area contributed by atoms with Gasteiger partial charge in [-0.15, -0.1) is 13.2 Å². The number of amides is 3. The van der Waals surface area contributed by atoms with Crippen molar-refractivity contribution >= 4 is 45.3 Å². The van der Waals surface area contributed by atoms with E-state index in [1.165, 1.54) is 4.90 Å². The first-order chi connectivity index (χ1) is 23.9. The van der Waals surface area contributed by atoms with Crippen LogP contribution in [0.2, 0.25) is 0 Å². The third-order valence-electron chi connectivity index (χ3n) is 10.3. The first-order valence-electron chi connectivity index (χ1n) is 17.3. The summed E-state index contributed by atoms with van der Waals surface area (Å²) in [7, 11) is 0. The van der Waals surface area contributed by atoms with Crippen LogP contribution in [0.15, 0.2) is 73.8 Å². The zero-order valence-corrected chi connectivity index (χ0v) is 30.8. The summed E-state index contributed by atoms with van der Waals surface area (Å²) >= 11 is 3.74. The van der Waals surface area contributed by atoms with Gasteiger partial charge in [0.25, 0.3) is 5.91 Å². The number of likely N-dealkylation sites (tertiary alicyclic amines) is 1. The number of aryl methyl sites for hydroxylation is 2. The molecule has 3 heterocycles. The number of esters is 1. The van der Waals surface area contributed by atoms with Gasteiger partial charge in [0.15, 0.2) is 0 Å². The normalized spacial score (nSPS) is 26.3. The lowest BCUT2D eigenvalue weighted by Crippen LogP contribution is -2.60. The second-order valence-corrected chi connectivity index (χ2v) is 15.0. The third-order valence-corrected chi connectivity index (χ3v) is 11.2. The van der Waals surface area contributed by atoms with Crippen LogP contribution in [0.3, 0.4) is 0 Å². The molecular weight excluding hydrogens is 702 g/mol. The standard InChI is InChI=1S/C39H48BrN3O7/c1-7-9-18-30(45)41-21-29(26-16-11-10-12-17-26)49-38(48)31-32-36(46)43(28(22-44)23(3)4)35(39(32)20-27(40)34(31)50-39)37(47)42(19-8-2)33-24(5)14-13-15-25(33)6/h7-8,10-17,23,27-29,31-32,34-35,44H,1-2,9,18-22H2,3-6H3,(H,41,45)/t27?,28-,29+,31+,32-,34+,35+,39-/m0/s1. The average Bonchev–Trinajstić information content (AvgIpc) is 3.68. The minimum absolute atomic E-state index is 0.0327. The van der Waals surface area contributed by atoms with Crippen LogP contribution in [0.1, 0.15) is 55.9 Å². The number of fused-ring (bicyclic) bond motifs is 1. The average molecular weight is 751 g/mol. The summed E-state index contributed by atoms with van der Waals surface area (Å²) in [6.07, 6.45) is 2.79. The number of aliphatic hydroxyl groups is 1. The molecule has 3 aliphatic heterocycles. The Balaban J connectivity index is 1.55. The van der Waals surface area contributed by atoms with Gasteiger partial charge >= 0.3 is 5.97 Å². The molecule has 8 atom stereocenters. The molecule has 3 saturated heterocycles. The number of para-hydroxylation sites is 1. The van der Waals surface area contributed by atoms with Gasteiger partial charge in [-0.1, -0.05) is 90.5 Å². The molecule has 0 aromatic heterocycles. The van der Waals surface area contributed by atoms with E-state index in [-0.39, 0.29) is 48.7 Å². The molecule has 268 valence electrons. The van der Waals surface area contributed by atoms with E-state index in [1.807, 2.05) is 76.2 Å². The molecule has 3 amide bonds. The van der Waals surface area contributed by atoms with Crippen molar-refractivity contribution in [1.29, 1.82) is 0 Å². The maximum absolute atomic E-state index is 15.1. The van der Waals surface area contributed by atoms with E-state index in [1.54, 1.807) is 17.1 Å². The van der Waals surface area contributed by atoms with Gasteiger partial charge in [-0.2, -0.15) is 0 Å². The minimum atomic E-state index is -1.36. The van der Waals surface area contributed by atoms with Crippen molar-refractivity contribution in [2.45, 2.75) is 81.7 Å². The van der Waals surface area contributed by atoms with Gasteiger partial charge in [-0.25, -0.2) is 0 Å². The lowest BCUT2D eigenvalue weighted by Gasteiger charge is -2.41. The highest BCUT2D eigenvalue weighted by Crippen LogP contribution is 2.61. The number of aliphatic hydroxyl groups excluding tert-OH is 1. The number of carbonyl (C=O) groups is 4. The minimum Gasteiger partial charge on any atom is -0.455 e. The second kappa shape index (κ2) is 15.6. The predicted molar refractivity (Wildman–Crippen MR) is 194 cm³/mol. The summed E-state index contributed by atoms with van der Waals surface area (Å²) in [4.78, 5) is 59.5. The molecule has 11 heteroatoms. The van der Waals surface area contributed by atoms with Crippen molar-refractivity contribution in [3.8, 4) is 0 Å². The van der Waals surface area contributed by atoms with E-state index in [0.29, 0.717) is 18.4 Å². The van der Waals surface area contributed by atoms with Gasteiger partial charge in [-0.05, 0) is 49.3 Å². The van der Waals surface area contributed by atoms with Crippen LogP contribution in [-0.2, 0) is 28.7 Å². The largest absolute Gasteiger partial charge is 0.455 e. The molecule has 3 aliphatic rings. The highest BCUT2D eigenvalue weighted by Gasteiger charge is 2.77. The molecule has 2 aromatic rings. The highest BCUT2D eigenvalue weighted by atomic mass is 79.9. The number of halogens is 1. The molecule has 0 aliphatic carbocycles. The third kappa shape index (κ3) is 6.79. The Hall–Kier alpha value is -3.80. The number of anilines is 1. The molecule has 1 unspecified atom stereocenters. The maximum Gasteiger partial charge on any atom is 0.313 e. The van der Waals surface area contributed by atoms with Crippen LogP contribution in [0, 0.1) is 31.6 Å². The summed E-state index contributed by atoms with van der Waals surface area (Å²) in [6, 6.07) is 13.1. The fraction of sp³-hybridized carbons (Fsp3) is 0.487. The van der Waals surface area contributed by atoms with Crippen molar-refractivity contribution in [3.63, 3.8) is 0 Å². The highest BCUT2D eigenvalue weighted by molar-refractivity contribution is 9.09. The molecule has 3 fully saturated rings. The smallest absolute Gasteiger partial charge is 0.313 e. The Morgan fingerprint density at radius 1 is 1.12 bits per heavy atom. The van der Waals surface area contributed by atoms with Crippen LogP contribution >= 0.6 is 15.9 Å². The SMILES string of the molecule is C=CCCC(=O)NC[C@@H](OC(=O)[C@H]1[C@@H]2O[C@@]3(CC2Br)[C@@H]1C(=O)N([C@@H](CO)C(C)C)[C@@H]3C(=O)N(CC=C)c1c(C)cccc1C)c1ccccc1. The maximum atomic E-state index is 15.1. The second-order valence-electron chi connectivity index (χ2n) is 13.8. The molecule has 1 spiro atoms. The van der Waals surface area contributed by atoms with Crippen molar-refractivity contribution < 1.29 is 33.8 Å². The van der Waals surface area contributed by atoms with Crippen LogP contribution < -0.4 is 10.2 Å². The molecule has 50 heavy (non-hydrogen) atoms. The number of ether oxygens (including phenoxy) is 2. The van der Waals surface area contributed by atoms with E-state index in [9.17, 15) is 19.5 Å². The van der Waals surface area contributed by atoms with Gasteiger partial charge in [0.2, 0.25) is 11.8 Å². The van der Waals surface area contributed by atoms with Crippen molar-refractivity contribution in [3.05, 3.63) is 90.5 Å². The summed E-state index contributed by atoms with van der Waals surface area (Å²) in [5.74, 6) is -3.92. The summed E-state index contributed by atoms with van der Waals surface area (Å²) in [5.41, 5.74) is 1.80. The molecule has 2 aromatic carbocycles. The monoisotopic (exact) mass is 749 g/mol. The zero-order valence-electron chi connectivity index (χ0n) is 29.2. The molecule has 5 rings (SSSR count). The van der Waals surface area contributed by atoms with Crippen molar-refractivity contribution in [2.24, 2.45) is 17.8 Å². The fourth-order valence-electron chi connectivity index (χ4n) is 8.04. The number of nitrogens with one attached hydrogen (secondary N) is 1. The van der Waals surface area contributed by atoms with Gasteiger partial charge in [0.05, 0.1) is 37.1 Å². The Labute approximate surface area is 303 Å². The quantitative estimate of drug-likeness (QED) is 0.150. The zero-order chi connectivity index (χ0) is 36.3. The summed E-state index contributed by atoms with van der Waals surface area (Å²) < 4.78 is 12.9. The summed E-state index contributed by atoms with van der Waals surface area (Å²) in [6.45, 7) is 15.1. The van der Waals surface area contributed by atoms with Gasteiger partial charge in [0, 0.05) is 23.5 Å². The van der Waals surface area contributed by atoms with Crippen LogP contribution in [-0.4, -0.2) is 82.0 Å². The topological polar surface area (TPSA) is 125 Å². The molecule has 0 saturated carbocycles. The van der Waals surface area contributed by atoms with E-state index >= 15 is 4.79 Å². The Morgan fingerprint density at radius 2 is 1.80 bits per heavy atom. The lowest BCUT2D eigenvalue weighted by molar-refractivity contribution is -0.161. The molecule has 2 N–H and O–H groups in total. The first-order valence-corrected chi connectivity index (χ1v) is 18.2. The van der Waals surface area contributed by atoms with Crippen molar-refractivity contribution in [2.75, 3.05) is 24.6 Å². The Morgan fingerprint density at radius 3 is 2.40 bits per heavy atom. The Kier molecular flexibility index (Phi) is 11.7. The number of carbonyl (C=O) groups excluding carboxylic acids is 4. The van der Waals surface area contributed by atoms with Gasteiger partial charge in [0.1, 0.15) is 17.7 Å². The Bertz CT molecular complexity index is 1600. The molecule has 10 nitrogen and oxygen atoms in total. The fourth-order valence-corrected chi connectivity index (χ4v) is 8.98.